The topological polar surface area (TPSA) is 93.7 Å². The molecule has 0 radical (unpaired) electrons. The molecule has 0 aromatic heterocycles. The fraction of sp³-hybridized carbons (Fsp3) is 0.136. The van der Waals surface area contributed by atoms with Crippen LogP contribution in [-0.4, -0.2) is 28.0 Å². The molecule has 7 nitrogen and oxygen atoms in total. The second-order valence-corrected chi connectivity index (χ2v) is 8.72. The number of sulfonamides is 1. The zero-order valence-electron chi connectivity index (χ0n) is 16.9. The number of hydrogen-bond acceptors (Lipinski definition) is 5. The Balaban J connectivity index is 1.63. The van der Waals surface area contributed by atoms with Gasteiger partial charge >= 0.3 is 0 Å². The molecule has 162 valence electrons. The van der Waals surface area contributed by atoms with Crippen LogP contribution in [0.5, 0.6) is 11.5 Å². The fourth-order valence-corrected chi connectivity index (χ4v) is 4.03. The molecule has 0 atom stereocenters. The van der Waals surface area contributed by atoms with Crippen LogP contribution in [0.25, 0.3) is 0 Å². The van der Waals surface area contributed by atoms with Crippen LogP contribution in [-0.2, 0) is 14.8 Å². The van der Waals surface area contributed by atoms with Crippen molar-refractivity contribution >= 4 is 38.9 Å². The van der Waals surface area contributed by atoms with E-state index in [4.69, 9.17) is 21.1 Å². The SMILES string of the molecule is COc1cccc(NC(=O)COc2ccc(S(=O)(=O)Nc3ccc(C)cc3)cc2Cl)c1. The van der Waals surface area contributed by atoms with E-state index in [0.29, 0.717) is 17.1 Å². The maximum absolute atomic E-state index is 12.6. The molecule has 0 heterocycles. The van der Waals surface area contributed by atoms with Crippen LogP contribution >= 0.6 is 11.6 Å². The smallest absolute Gasteiger partial charge is 0.262 e. The molecule has 3 aromatic carbocycles. The zero-order valence-corrected chi connectivity index (χ0v) is 18.5. The third-order valence-electron chi connectivity index (χ3n) is 4.23. The van der Waals surface area contributed by atoms with Crippen molar-refractivity contribution in [3.63, 3.8) is 0 Å². The number of methoxy groups -OCH3 is 1. The van der Waals surface area contributed by atoms with Crippen LogP contribution in [0, 0.1) is 6.92 Å². The average Bonchev–Trinajstić information content (AvgIpc) is 2.74. The van der Waals surface area contributed by atoms with Crippen molar-refractivity contribution in [3.05, 3.63) is 77.3 Å². The van der Waals surface area contributed by atoms with E-state index in [1.807, 2.05) is 6.92 Å². The van der Waals surface area contributed by atoms with E-state index in [1.165, 1.54) is 25.3 Å². The van der Waals surface area contributed by atoms with E-state index >= 15 is 0 Å². The molecular weight excluding hydrogens is 440 g/mol. The number of aryl methyl sites for hydroxylation is 1. The quantitative estimate of drug-likeness (QED) is 0.517. The Kier molecular flexibility index (Phi) is 7.04. The highest BCUT2D eigenvalue weighted by Crippen LogP contribution is 2.28. The van der Waals surface area contributed by atoms with Gasteiger partial charge in [0.05, 0.1) is 17.0 Å². The predicted octanol–water partition coefficient (Wildman–Crippen LogP) is 4.48. The van der Waals surface area contributed by atoms with Crippen molar-refractivity contribution in [1.29, 1.82) is 0 Å². The van der Waals surface area contributed by atoms with Gasteiger partial charge in [0.15, 0.2) is 6.61 Å². The number of carbonyl (C=O) groups is 1. The number of anilines is 2. The second kappa shape index (κ2) is 9.72. The van der Waals surface area contributed by atoms with Gasteiger partial charge in [0.1, 0.15) is 11.5 Å². The van der Waals surface area contributed by atoms with Crippen molar-refractivity contribution in [2.45, 2.75) is 11.8 Å². The minimum absolute atomic E-state index is 0.0220. The Morgan fingerprint density at radius 3 is 2.42 bits per heavy atom. The third kappa shape index (κ3) is 6.13. The summed E-state index contributed by atoms with van der Waals surface area (Å²) in [5, 5.41) is 2.75. The lowest BCUT2D eigenvalue weighted by Crippen LogP contribution is -2.20. The van der Waals surface area contributed by atoms with E-state index in [9.17, 15) is 13.2 Å². The summed E-state index contributed by atoms with van der Waals surface area (Å²) in [6.07, 6.45) is 0. The predicted molar refractivity (Wildman–Crippen MR) is 121 cm³/mol. The molecule has 0 saturated heterocycles. The number of amides is 1. The van der Waals surface area contributed by atoms with Gasteiger partial charge in [-0.15, -0.1) is 0 Å². The molecule has 31 heavy (non-hydrogen) atoms. The van der Waals surface area contributed by atoms with E-state index in [-0.39, 0.29) is 22.3 Å². The summed E-state index contributed by atoms with van der Waals surface area (Å²) in [5.74, 6) is 0.400. The van der Waals surface area contributed by atoms with Crippen molar-refractivity contribution in [2.24, 2.45) is 0 Å². The Hall–Kier alpha value is -3.23. The van der Waals surface area contributed by atoms with Crippen molar-refractivity contribution < 1.29 is 22.7 Å². The van der Waals surface area contributed by atoms with E-state index in [1.54, 1.807) is 48.5 Å². The number of rotatable bonds is 8. The Labute approximate surface area is 186 Å². The molecule has 0 aliphatic rings. The first-order valence-electron chi connectivity index (χ1n) is 9.22. The number of ether oxygens (including phenoxy) is 2. The lowest BCUT2D eigenvalue weighted by Gasteiger charge is -2.12. The molecule has 9 heteroatoms. The van der Waals surface area contributed by atoms with Crippen LogP contribution in [0.4, 0.5) is 11.4 Å². The Morgan fingerprint density at radius 2 is 1.74 bits per heavy atom. The molecule has 0 fully saturated rings. The molecule has 0 saturated carbocycles. The normalized spacial score (nSPS) is 10.9. The highest BCUT2D eigenvalue weighted by Gasteiger charge is 2.17. The summed E-state index contributed by atoms with van der Waals surface area (Å²) in [6.45, 7) is 1.61. The summed E-state index contributed by atoms with van der Waals surface area (Å²) in [6, 6.07) is 17.9. The lowest BCUT2D eigenvalue weighted by molar-refractivity contribution is -0.118. The van der Waals surface area contributed by atoms with Crippen molar-refractivity contribution in [3.8, 4) is 11.5 Å². The van der Waals surface area contributed by atoms with Crippen molar-refractivity contribution in [2.75, 3.05) is 23.8 Å². The van der Waals surface area contributed by atoms with Gasteiger partial charge in [-0.05, 0) is 49.4 Å². The summed E-state index contributed by atoms with van der Waals surface area (Å²) in [7, 11) is -2.29. The highest BCUT2D eigenvalue weighted by atomic mass is 35.5. The molecule has 2 N–H and O–H groups in total. The Bertz CT molecular complexity index is 1180. The maximum atomic E-state index is 12.6. The van der Waals surface area contributed by atoms with Gasteiger partial charge in [-0.2, -0.15) is 0 Å². The molecular formula is C22H21ClN2O5S. The molecule has 1 amide bonds. The number of carbonyl (C=O) groups excluding carboxylic acids is 1. The van der Waals surface area contributed by atoms with Crippen LogP contribution < -0.4 is 19.5 Å². The van der Waals surface area contributed by atoms with Gasteiger partial charge in [-0.3, -0.25) is 9.52 Å². The second-order valence-electron chi connectivity index (χ2n) is 6.63. The van der Waals surface area contributed by atoms with E-state index in [0.717, 1.165) is 5.56 Å². The summed E-state index contributed by atoms with van der Waals surface area (Å²) < 4.78 is 38.2. The van der Waals surface area contributed by atoms with E-state index in [2.05, 4.69) is 10.0 Å². The van der Waals surface area contributed by atoms with Crippen molar-refractivity contribution in [1.82, 2.24) is 0 Å². The van der Waals surface area contributed by atoms with Crippen LogP contribution in [0.1, 0.15) is 5.56 Å². The first-order valence-corrected chi connectivity index (χ1v) is 11.1. The molecule has 0 aliphatic carbocycles. The summed E-state index contributed by atoms with van der Waals surface area (Å²) in [4.78, 5) is 12.1. The minimum atomic E-state index is -3.83. The van der Waals surface area contributed by atoms with Crippen LogP contribution in [0.2, 0.25) is 5.02 Å². The first-order chi connectivity index (χ1) is 14.8. The molecule has 0 unspecified atom stereocenters. The number of nitrogens with one attached hydrogen (secondary N) is 2. The first kappa shape index (κ1) is 22.5. The van der Waals surface area contributed by atoms with Gasteiger partial charge in [-0.25, -0.2) is 8.42 Å². The summed E-state index contributed by atoms with van der Waals surface area (Å²) >= 11 is 6.18. The zero-order chi connectivity index (χ0) is 22.4. The molecule has 0 spiro atoms. The number of hydrogen-bond donors (Lipinski definition) is 2. The fourth-order valence-electron chi connectivity index (χ4n) is 2.64. The van der Waals surface area contributed by atoms with Crippen LogP contribution in [0.3, 0.4) is 0 Å². The lowest BCUT2D eigenvalue weighted by atomic mass is 10.2. The molecule has 0 bridgehead atoms. The van der Waals surface area contributed by atoms with Crippen LogP contribution in [0.15, 0.2) is 71.6 Å². The van der Waals surface area contributed by atoms with E-state index < -0.39 is 15.9 Å². The van der Waals surface area contributed by atoms with Gasteiger partial charge < -0.3 is 14.8 Å². The maximum Gasteiger partial charge on any atom is 0.262 e. The monoisotopic (exact) mass is 460 g/mol. The molecule has 0 aliphatic heterocycles. The number of halogens is 1. The molecule has 3 rings (SSSR count). The van der Waals surface area contributed by atoms with Gasteiger partial charge in [0.2, 0.25) is 0 Å². The standard InChI is InChI=1S/C22H21ClN2O5S/c1-15-6-8-16(9-7-15)25-31(27,28)19-10-11-21(20(23)13-19)30-14-22(26)24-17-4-3-5-18(12-17)29-2/h3-13,25H,14H2,1-2H3,(H,24,26). The average molecular weight is 461 g/mol. The van der Waals surface area contributed by atoms with Gasteiger partial charge in [-0.1, -0.05) is 35.4 Å². The molecule has 3 aromatic rings. The number of benzene rings is 3. The summed E-state index contributed by atoms with van der Waals surface area (Å²) in [5.41, 5.74) is 2.02. The van der Waals surface area contributed by atoms with Gasteiger partial charge in [0, 0.05) is 17.4 Å². The third-order valence-corrected chi connectivity index (χ3v) is 5.90. The van der Waals surface area contributed by atoms with Gasteiger partial charge in [0.25, 0.3) is 15.9 Å². The largest absolute Gasteiger partial charge is 0.497 e. The highest BCUT2D eigenvalue weighted by molar-refractivity contribution is 7.92. The minimum Gasteiger partial charge on any atom is -0.497 e. The Morgan fingerprint density at radius 1 is 1.00 bits per heavy atom.